The molecule has 1 heterocycles. The van der Waals surface area contributed by atoms with Gasteiger partial charge in [0.25, 0.3) is 5.91 Å². The van der Waals surface area contributed by atoms with Crippen LogP contribution in [0.3, 0.4) is 0 Å². The quantitative estimate of drug-likeness (QED) is 0.413. The lowest BCUT2D eigenvalue weighted by Crippen LogP contribution is -2.11. The molecule has 0 aliphatic heterocycles. The summed E-state index contributed by atoms with van der Waals surface area (Å²) >= 11 is 3.39. The lowest BCUT2D eigenvalue weighted by Gasteiger charge is -2.13. The number of para-hydroxylation sites is 1. The van der Waals surface area contributed by atoms with Gasteiger partial charge in [0.05, 0.1) is 11.1 Å². The molecule has 3 rings (SSSR count). The minimum atomic E-state index is -2.98. The highest BCUT2D eigenvalue weighted by Gasteiger charge is 2.15. The number of ether oxygens (including phenoxy) is 3. The highest BCUT2D eigenvalue weighted by Crippen LogP contribution is 2.32. The number of rotatable bonds is 9. The predicted octanol–water partition coefficient (Wildman–Crippen LogP) is 5.87. The molecule has 1 N–H and O–H groups in total. The Morgan fingerprint density at radius 2 is 1.87 bits per heavy atom. The van der Waals surface area contributed by atoms with E-state index in [4.69, 9.17) is 13.9 Å². The van der Waals surface area contributed by atoms with E-state index in [1.807, 2.05) is 18.2 Å². The molecule has 0 saturated carbocycles. The summed E-state index contributed by atoms with van der Waals surface area (Å²) in [6.45, 7) is -0.886. The van der Waals surface area contributed by atoms with Gasteiger partial charge in [-0.3, -0.25) is 4.79 Å². The lowest BCUT2D eigenvalue weighted by atomic mass is 10.2. The Morgan fingerprint density at radius 1 is 1.07 bits per heavy atom. The van der Waals surface area contributed by atoms with E-state index in [9.17, 15) is 13.6 Å². The number of hydrogen-bond donors (Lipinski definition) is 1. The zero-order valence-electron chi connectivity index (χ0n) is 15.9. The number of amides is 1. The van der Waals surface area contributed by atoms with Crippen molar-refractivity contribution in [3.63, 3.8) is 0 Å². The van der Waals surface area contributed by atoms with Crippen LogP contribution in [-0.4, -0.2) is 19.1 Å². The zero-order valence-corrected chi connectivity index (χ0v) is 17.4. The van der Waals surface area contributed by atoms with Crippen molar-refractivity contribution in [2.24, 2.45) is 0 Å². The number of halogens is 3. The Labute approximate surface area is 179 Å². The Kier molecular flexibility index (Phi) is 7.29. The van der Waals surface area contributed by atoms with Crippen molar-refractivity contribution in [1.29, 1.82) is 0 Å². The third-order valence-corrected chi connectivity index (χ3v) is 4.46. The van der Waals surface area contributed by atoms with Crippen LogP contribution in [0.2, 0.25) is 0 Å². The van der Waals surface area contributed by atoms with Crippen LogP contribution in [0, 0.1) is 0 Å². The molecule has 0 fully saturated rings. The average molecular weight is 482 g/mol. The molecule has 3 aromatic rings. The van der Waals surface area contributed by atoms with Gasteiger partial charge in [-0.1, -0.05) is 12.1 Å². The number of nitrogens with one attached hydrogen (secondary N) is 1. The molecule has 6 nitrogen and oxygen atoms in total. The Hall–Kier alpha value is -3.07. The molecular weight excluding hydrogens is 464 g/mol. The van der Waals surface area contributed by atoms with E-state index in [0.717, 1.165) is 4.47 Å². The molecule has 0 aliphatic carbocycles. The summed E-state index contributed by atoms with van der Waals surface area (Å²) in [5, 5.41) is 2.63. The molecule has 0 radical (unpaired) electrons. The van der Waals surface area contributed by atoms with Crippen LogP contribution in [0.15, 0.2) is 63.5 Å². The van der Waals surface area contributed by atoms with Gasteiger partial charge in [0.2, 0.25) is 0 Å². The molecule has 9 heteroatoms. The van der Waals surface area contributed by atoms with E-state index in [-0.39, 0.29) is 30.5 Å². The summed E-state index contributed by atoms with van der Waals surface area (Å²) in [6, 6.07) is 14.7. The largest absolute Gasteiger partial charge is 0.490 e. The SMILES string of the molecule is CCOc1cc(NC(=O)c2ccc(COc3ccccc3Br)o2)ccc1OC(F)F. The van der Waals surface area contributed by atoms with Crippen molar-refractivity contribution in [2.75, 3.05) is 11.9 Å². The third kappa shape index (κ3) is 5.73. The molecule has 0 atom stereocenters. The van der Waals surface area contributed by atoms with E-state index in [1.165, 1.54) is 24.3 Å². The van der Waals surface area contributed by atoms with Gasteiger partial charge < -0.3 is 23.9 Å². The van der Waals surface area contributed by atoms with Gasteiger partial charge in [-0.15, -0.1) is 0 Å². The topological polar surface area (TPSA) is 69.9 Å². The van der Waals surface area contributed by atoms with E-state index in [2.05, 4.69) is 26.0 Å². The molecular formula is C21H18BrF2NO5. The van der Waals surface area contributed by atoms with Gasteiger partial charge in [-0.25, -0.2) is 0 Å². The van der Waals surface area contributed by atoms with Gasteiger partial charge in [-0.2, -0.15) is 8.78 Å². The fraction of sp³-hybridized carbons (Fsp3) is 0.190. The van der Waals surface area contributed by atoms with Crippen molar-refractivity contribution in [3.05, 3.63) is 70.6 Å². The predicted molar refractivity (Wildman–Crippen MR) is 109 cm³/mol. The highest BCUT2D eigenvalue weighted by molar-refractivity contribution is 9.10. The van der Waals surface area contributed by atoms with Crippen LogP contribution < -0.4 is 19.5 Å². The molecule has 1 aromatic heterocycles. The van der Waals surface area contributed by atoms with E-state index < -0.39 is 12.5 Å². The number of alkyl halides is 2. The molecule has 2 aromatic carbocycles. The summed E-state index contributed by atoms with van der Waals surface area (Å²) in [5.74, 6) is 0.659. The molecule has 30 heavy (non-hydrogen) atoms. The second-order valence-corrected chi connectivity index (χ2v) is 6.77. The number of carbonyl (C=O) groups is 1. The number of carbonyl (C=O) groups excluding carboxylic acids is 1. The lowest BCUT2D eigenvalue weighted by molar-refractivity contribution is -0.0514. The minimum Gasteiger partial charge on any atom is -0.490 e. The second kappa shape index (κ2) is 10.1. The summed E-state index contributed by atoms with van der Waals surface area (Å²) in [5.41, 5.74) is 0.340. The number of benzene rings is 2. The number of furan rings is 1. The van der Waals surface area contributed by atoms with E-state index in [1.54, 1.807) is 19.1 Å². The third-order valence-electron chi connectivity index (χ3n) is 3.81. The molecule has 1 amide bonds. The summed E-state index contributed by atoms with van der Waals surface area (Å²) in [7, 11) is 0. The first kappa shape index (κ1) is 21.6. The molecule has 0 spiro atoms. The van der Waals surface area contributed by atoms with Crippen LogP contribution in [0.4, 0.5) is 14.5 Å². The maximum atomic E-state index is 12.5. The normalized spacial score (nSPS) is 10.7. The maximum Gasteiger partial charge on any atom is 0.387 e. The van der Waals surface area contributed by atoms with Crippen molar-refractivity contribution in [3.8, 4) is 17.2 Å². The smallest absolute Gasteiger partial charge is 0.387 e. The van der Waals surface area contributed by atoms with Gasteiger partial charge in [0, 0.05) is 11.8 Å². The van der Waals surface area contributed by atoms with Crippen LogP contribution in [0.5, 0.6) is 17.2 Å². The summed E-state index contributed by atoms with van der Waals surface area (Å²) in [4.78, 5) is 12.4. The van der Waals surface area contributed by atoms with Crippen LogP contribution >= 0.6 is 15.9 Å². The van der Waals surface area contributed by atoms with Gasteiger partial charge in [0.15, 0.2) is 17.3 Å². The van der Waals surface area contributed by atoms with E-state index in [0.29, 0.717) is 17.2 Å². The first-order valence-electron chi connectivity index (χ1n) is 8.95. The van der Waals surface area contributed by atoms with Crippen LogP contribution in [0.25, 0.3) is 0 Å². The molecule has 0 bridgehead atoms. The van der Waals surface area contributed by atoms with Crippen molar-refractivity contribution >= 4 is 27.5 Å². The van der Waals surface area contributed by atoms with Crippen molar-refractivity contribution in [2.45, 2.75) is 20.1 Å². The van der Waals surface area contributed by atoms with Crippen LogP contribution in [0.1, 0.15) is 23.2 Å². The fourth-order valence-electron chi connectivity index (χ4n) is 2.53. The Balaban J connectivity index is 1.65. The fourth-order valence-corrected chi connectivity index (χ4v) is 2.93. The standard InChI is InChI=1S/C21H18BrF2NO5/c1-2-27-19-11-13(7-9-17(19)30-21(23)24)25-20(26)18-10-8-14(29-18)12-28-16-6-4-3-5-15(16)22/h3-11,21H,2,12H2,1H3,(H,25,26). The first-order chi connectivity index (χ1) is 14.5. The summed E-state index contributed by atoms with van der Waals surface area (Å²) in [6.07, 6.45) is 0. The Bertz CT molecular complexity index is 1010. The van der Waals surface area contributed by atoms with Gasteiger partial charge >= 0.3 is 6.61 Å². The monoisotopic (exact) mass is 481 g/mol. The number of hydrogen-bond acceptors (Lipinski definition) is 5. The zero-order chi connectivity index (χ0) is 21.5. The Morgan fingerprint density at radius 3 is 2.60 bits per heavy atom. The minimum absolute atomic E-state index is 0.0756. The summed E-state index contributed by atoms with van der Waals surface area (Å²) < 4.78 is 46.7. The average Bonchev–Trinajstić information content (AvgIpc) is 3.18. The molecule has 0 saturated heterocycles. The van der Waals surface area contributed by atoms with Crippen molar-refractivity contribution < 1.29 is 32.2 Å². The first-order valence-corrected chi connectivity index (χ1v) is 9.74. The number of anilines is 1. The highest BCUT2D eigenvalue weighted by atomic mass is 79.9. The molecule has 158 valence electrons. The van der Waals surface area contributed by atoms with E-state index >= 15 is 0 Å². The van der Waals surface area contributed by atoms with Gasteiger partial charge in [0.1, 0.15) is 18.1 Å². The second-order valence-electron chi connectivity index (χ2n) is 5.91. The molecule has 0 aliphatic rings. The van der Waals surface area contributed by atoms with Gasteiger partial charge in [-0.05, 0) is 59.3 Å². The van der Waals surface area contributed by atoms with Crippen LogP contribution in [-0.2, 0) is 6.61 Å². The molecule has 0 unspecified atom stereocenters. The van der Waals surface area contributed by atoms with Crippen molar-refractivity contribution in [1.82, 2.24) is 0 Å². The maximum absolute atomic E-state index is 12.5.